The summed E-state index contributed by atoms with van der Waals surface area (Å²) in [5.41, 5.74) is 7.78. The van der Waals surface area contributed by atoms with Crippen molar-refractivity contribution in [2.24, 2.45) is 0 Å². The first-order valence-corrected chi connectivity index (χ1v) is 16.0. The Bertz CT molecular complexity index is 1400. The van der Waals surface area contributed by atoms with Crippen LogP contribution in [0.5, 0.6) is 0 Å². The minimum absolute atomic E-state index is 0.149. The van der Waals surface area contributed by atoms with E-state index in [4.69, 9.17) is 19.9 Å². The SMILES string of the molecule is CC(C)OC(=O)[C@H](C)N[P@@](=O)(CO[C@H](C)Cn1cnc2c(N)ncnc21)N[C@H](Cc1ccccc1)C(=O)OC1CCC1. The zero-order chi connectivity index (χ0) is 30.3. The number of hydrogen-bond acceptors (Lipinski definition) is 10. The third-order valence-corrected chi connectivity index (χ3v) is 8.84. The largest absolute Gasteiger partial charge is 0.462 e. The van der Waals surface area contributed by atoms with Crippen molar-refractivity contribution in [3.63, 3.8) is 0 Å². The van der Waals surface area contributed by atoms with E-state index in [9.17, 15) is 14.2 Å². The molecule has 42 heavy (non-hydrogen) atoms. The van der Waals surface area contributed by atoms with Crippen molar-refractivity contribution in [3.8, 4) is 0 Å². The predicted molar refractivity (Wildman–Crippen MR) is 157 cm³/mol. The predicted octanol–water partition coefficient (Wildman–Crippen LogP) is 3.19. The highest BCUT2D eigenvalue weighted by Gasteiger charge is 2.36. The fraction of sp³-hybridized carbons (Fsp3) is 0.536. The Morgan fingerprint density at radius 3 is 2.48 bits per heavy atom. The Labute approximate surface area is 245 Å². The molecule has 2 heterocycles. The van der Waals surface area contributed by atoms with Gasteiger partial charge in [0.15, 0.2) is 11.5 Å². The molecule has 1 aliphatic carbocycles. The van der Waals surface area contributed by atoms with Gasteiger partial charge in [-0.3, -0.25) is 14.2 Å². The fourth-order valence-electron chi connectivity index (χ4n) is 4.42. The van der Waals surface area contributed by atoms with Crippen LogP contribution in [0.25, 0.3) is 11.2 Å². The molecule has 0 unspecified atom stereocenters. The number of ether oxygens (including phenoxy) is 3. The first-order valence-electron chi connectivity index (χ1n) is 14.2. The van der Waals surface area contributed by atoms with Gasteiger partial charge in [0.1, 0.15) is 36.4 Å². The zero-order valence-electron chi connectivity index (χ0n) is 24.4. The third-order valence-electron chi connectivity index (χ3n) is 6.80. The van der Waals surface area contributed by atoms with Crippen LogP contribution in [-0.2, 0) is 41.3 Å². The molecule has 13 nitrogen and oxygen atoms in total. The Kier molecular flexibility index (Phi) is 10.7. The van der Waals surface area contributed by atoms with Gasteiger partial charge in [0.05, 0.1) is 25.1 Å². The lowest BCUT2D eigenvalue weighted by Crippen LogP contribution is -2.46. The monoisotopic (exact) mass is 601 g/mol. The van der Waals surface area contributed by atoms with Crippen LogP contribution in [0.1, 0.15) is 52.5 Å². The van der Waals surface area contributed by atoms with Gasteiger partial charge >= 0.3 is 11.9 Å². The molecule has 4 N–H and O–H groups in total. The molecule has 0 aliphatic heterocycles. The average molecular weight is 602 g/mol. The number of rotatable bonds is 15. The molecule has 14 heteroatoms. The number of hydrogen-bond donors (Lipinski definition) is 3. The van der Waals surface area contributed by atoms with Crippen molar-refractivity contribution in [2.75, 3.05) is 12.1 Å². The van der Waals surface area contributed by atoms with E-state index < -0.39 is 37.6 Å². The van der Waals surface area contributed by atoms with Crippen molar-refractivity contribution in [3.05, 3.63) is 48.5 Å². The van der Waals surface area contributed by atoms with Crippen LogP contribution in [0.15, 0.2) is 43.0 Å². The number of fused-ring (bicyclic) bond motifs is 1. The zero-order valence-corrected chi connectivity index (χ0v) is 25.3. The van der Waals surface area contributed by atoms with Gasteiger partial charge in [0, 0.05) is 0 Å². The number of esters is 2. The van der Waals surface area contributed by atoms with Crippen molar-refractivity contribution in [1.29, 1.82) is 0 Å². The molecule has 0 spiro atoms. The van der Waals surface area contributed by atoms with E-state index >= 15 is 0 Å². The molecule has 0 saturated heterocycles. The minimum atomic E-state index is -3.75. The maximum absolute atomic E-state index is 14.4. The van der Waals surface area contributed by atoms with Crippen LogP contribution in [0, 0.1) is 0 Å². The number of anilines is 1. The molecule has 2 aromatic heterocycles. The Morgan fingerprint density at radius 1 is 1.07 bits per heavy atom. The highest BCUT2D eigenvalue weighted by Crippen LogP contribution is 2.39. The summed E-state index contributed by atoms with van der Waals surface area (Å²) in [6, 6.07) is 7.50. The van der Waals surface area contributed by atoms with E-state index in [1.165, 1.54) is 6.33 Å². The second-order valence-corrected chi connectivity index (χ2v) is 13.1. The standard InChI is InChI=1S/C28H40N7O6P/c1-18(2)40-27(36)20(4)33-42(38,17-39-19(3)14-35-16-32-24-25(29)30-15-31-26(24)35)34-23(13-21-9-6-5-7-10-21)28(37)41-22-11-8-12-22/h5-7,9-10,15-16,18-20,22-23H,8,11-14,17H2,1-4H3,(H2,29,30,31)(H2,33,34,38)/t19-,20+,23-,42+/m1/s1. The lowest BCUT2D eigenvalue weighted by atomic mass is 9.96. The highest BCUT2D eigenvalue weighted by molar-refractivity contribution is 7.59. The number of nitrogens with two attached hydrogens (primary N) is 1. The summed E-state index contributed by atoms with van der Waals surface area (Å²) in [4.78, 5) is 38.4. The van der Waals surface area contributed by atoms with Crippen molar-refractivity contribution >= 4 is 36.4 Å². The molecule has 1 aliphatic rings. The summed E-state index contributed by atoms with van der Waals surface area (Å²) in [6.07, 6.45) is 4.51. The Morgan fingerprint density at radius 2 is 1.81 bits per heavy atom. The molecule has 0 bridgehead atoms. The molecule has 4 rings (SSSR count). The van der Waals surface area contributed by atoms with Crippen molar-refractivity contribution in [1.82, 2.24) is 29.7 Å². The second-order valence-electron chi connectivity index (χ2n) is 10.9. The molecule has 3 aromatic rings. The summed E-state index contributed by atoms with van der Waals surface area (Å²) >= 11 is 0. The number of nitrogen functional groups attached to an aromatic ring is 1. The van der Waals surface area contributed by atoms with Gasteiger partial charge in [0.25, 0.3) is 0 Å². The number of carbonyl (C=O) groups is 2. The normalized spacial score (nSPS) is 17.3. The number of imidazole rings is 1. The van der Waals surface area contributed by atoms with Crippen LogP contribution in [0.2, 0.25) is 0 Å². The Balaban J connectivity index is 1.52. The van der Waals surface area contributed by atoms with E-state index in [1.54, 1.807) is 31.7 Å². The lowest BCUT2D eigenvalue weighted by molar-refractivity contribution is -0.155. The first kappa shape index (κ1) is 31.6. The summed E-state index contributed by atoms with van der Waals surface area (Å²) in [5.74, 6) is -0.803. The van der Waals surface area contributed by atoms with Crippen LogP contribution < -0.4 is 15.9 Å². The number of nitrogens with one attached hydrogen (secondary N) is 2. The van der Waals surface area contributed by atoms with Gasteiger partial charge in [0.2, 0.25) is 7.44 Å². The number of aromatic nitrogens is 4. The molecule has 1 saturated carbocycles. The van der Waals surface area contributed by atoms with Crippen LogP contribution >= 0.6 is 7.44 Å². The maximum Gasteiger partial charge on any atom is 0.324 e. The molecular formula is C28H40N7O6P. The van der Waals surface area contributed by atoms with Gasteiger partial charge in [-0.2, -0.15) is 0 Å². The first-order chi connectivity index (χ1) is 20.0. The number of carbonyl (C=O) groups excluding carboxylic acids is 2. The van der Waals surface area contributed by atoms with E-state index in [2.05, 4.69) is 25.1 Å². The molecule has 0 amide bonds. The highest BCUT2D eigenvalue weighted by atomic mass is 31.2. The lowest BCUT2D eigenvalue weighted by Gasteiger charge is -2.31. The number of benzene rings is 1. The molecule has 4 atom stereocenters. The Hall–Kier alpha value is -3.38. The summed E-state index contributed by atoms with van der Waals surface area (Å²) < 4.78 is 33.3. The quantitative estimate of drug-likeness (QED) is 0.172. The van der Waals surface area contributed by atoms with Gasteiger partial charge < -0.3 is 24.5 Å². The van der Waals surface area contributed by atoms with Gasteiger partial charge in [-0.25, -0.2) is 25.1 Å². The summed E-state index contributed by atoms with van der Waals surface area (Å²) in [5, 5.41) is 5.89. The van der Waals surface area contributed by atoms with Gasteiger partial charge in [-0.15, -0.1) is 0 Å². The molecule has 228 valence electrons. The smallest absolute Gasteiger partial charge is 0.324 e. The second kappa shape index (κ2) is 14.2. The maximum atomic E-state index is 14.4. The van der Waals surface area contributed by atoms with E-state index in [-0.39, 0.29) is 30.8 Å². The topological polar surface area (TPSA) is 173 Å². The minimum Gasteiger partial charge on any atom is -0.462 e. The van der Waals surface area contributed by atoms with E-state index in [0.29, 0.717) is 17.7 Å². The molecule has 1 fully saturated rings. The molecular weight excluding hydrogens is 561 g/mol. The van der Waals surface area contributed by atoms with Crippen LogP contribution in [0.3, 0.4) is 0 Å². The van der Waals surface area contributed by atoms with Gasteiger partial charge in [-0.05, 0) is 58.9 Å². The summed E-state index contributed by atoms with van der Waals surface area (Å²) in [7, 11) is -3.75. The molecule has 0 radical (unpaired) electrons. The van der Waals surface area contributed by atoms with E-state index in [0.717, 1.165) is 24.8 Å². The summed E-state index contributed by atoms with van der Waals surface area (Å²) in [6.45, 7) is 7.16. The fourth-order valence-corrected chi connectivity index (χ4v) is 6.54. The van der Waals surface area contributed by atoms with Crippen LogP contribution in [-0.4, -0.2) is 68.2 Å². The molecule has 1 aromatic carbocycles. The van der Waals surface area contributed by atoms with Crippen LogP contribution in [0.4, 0.5) is 5.82 Å². The third kappa shape index (κ3) is 8.57. The van der Waals surface area contributed by atoms with Crippen molar-refractivity contribution in [2.45, 2.75) is 90.3 Å². The average Bonchev–Trinajstić information content (AvgIpc) is 3.33. The van der Waals surface area contributed by atoms with E-state index in [1.807, 2.05) is 37.3 Å². The number of nitrogens with zero attached hydrogens (tertiary/aromatic N) is 4. The van der Waals surface area contributed by atoms with Gasteiger partial charge in [-0.1, -0.05) is 30.3 Å². The van der Waals surface area contributed by atoms with Crippen molar-refractivity contribution < 1.29 is 28.4 Å².